The fourth-order valence-electron chi connectivity index (χ4n) is 3.39. The molecule has 27 heavy (non-hydrogen) atoms. The molecule has 0 saturated carbocycles. The maximum absolute atomic E-state index is 11.9. The Morgan fingerprint density at radius 3 is 2.89 bits per heavy atom. The zero-order valence-corrected chi connectivity index (χ0v) is 16.2. The molecule has 2 aromatic heterocycles. The lowest BCUT2D eigenvalue weighted by Crippen LogP contribution is -2.17. The molecule has 6 heteroatoms. The van der Waals surface area contributed by atoms with E-state index in [2.05, 4.69) is 33.1 Å². The molecule has 1 N–H and O–H groups in total. The molecule has 5 nitrogen and oxygen atoms in total. The van der Waals surface area contributed by atoms with Crippen LogP contribution in [-0.2, 0) is 10.5 Å². The first-order valence-corrected chi connectivity index (χ1v) is 10.3. The molecule has 0 radical (unpaired) electrons. The second kappa shape index (κ2) is 8.05. The number of carbonyl (C=O) groups is 1. The minimum absolute atomic E-state index is 0.280. The van der Waals surface area contributed by atoms with E-state index in [-0.39, 0.29) is 5.97 Å². The fourth-order valence-corrected chi connectivity index (χ4v) is 4.25. The minimum Gasteiger partial charge on any atom is -0.462 e. The van der Waals surface area contributed by atoms with Crippen LogP contribution in [0.15, 0.2) is 47.6 Å². The van der Waals surface area contributed by atoms with Crippen LogP contribution in [0, 0.1) is 0 Å². The Kier molecular flexibility index (Phi) is 5.34. The highest BCUT2D eigenvalue weighted by Gasteiger charge is 2.13. The summed E-state index contributed by atoms with van der Waals surface area (Å²) in [5.74, 6) is 0.525. The molecular formula is C21H23N3O2S. The second-order valence-electron chi connectivity index (χ2n) is 6.64. The third kappa shape index (κ3) is 4.11. The van der Waals surface area contributed by atoms with E-state index in [1.54, 1.807) is 17.8 Å². The number of aromatic nitrogens is 2. The molecule has 0 aliphatic carbocycles. The lowest BCUT2D eigenvalue weighted by molar-refractivity contribution is 0.0526. The van der Waals surface area contributed by atoms with Gasteiger partial charge in [-0.2, -0.15) is 0 Å². The number of hydrogen-bond acceptors (Lipinski definition) is 5. The molecule has 4 rings (SSSR count). The summed E-state index contributed by atoms with van der Waals surface area (Å²) in [5.41, 5.74) is 3.95. The van der Waals surface area contributed by atoms with Crippen molar-refractivity contribution in [3.63, 3.8) is 0 Å². The van der Waals surface area contributed by atoms with Crippen molar-refractivity contribution < 1.29 is 9.53 Å². The highest BCUT2D eigenvalue weighted by atomic mass is 32.2. The number of nitrogens with one attached hydrogen (secondary N) is 1. The van der Waals surface area contributed by atoms with Crippen LogP contribution < -0.4 is 4.90 Å². The summed E-state index contributed by atoms with van der Waals surface area (Å²) in [6.45, 7) is 4.48. The molecule has 0 atom stereocenters. The maximum atomic E-state index is 11.9. The van der Waals surface area contributed by atoms with E-state index < -0.39 is 0 Å². The molecule has 140 valence electrons. The van der Waals surface area contributed by atoms with Crippen molar-refractivity contribution in [3.05, 3.63) is 53.9 Å². The topological polar surface area (TPSA) is 58.2 Å². The Hall–Kier alpha value is -2.47. The fraction of sp³-hybridized carbons (Fsp3) is 0.333. The highest BCUT2D eigenvalue weighted by Crippen LogP contribution is 2.28. The molecule has 3 heterocycles. The Balaban J connectivity index is 1.46. The van der Waals surface area contributed by atoms with Gasteiger partial charge in [0, 0.05) is 41.6 Å². The normalized spacial score (nSPS) is 14.0. The predicted molar refractivity (Wildman–Crippen MR) is 110 cm³/mol. The molecule has 3 aromatic rings. The van der Waals surface area contributed by atoms with Crippen LogP contribution in [0.3, 0.4) is 0 Å². The van der Waals surface area contributed by atoms with Gasteiger partial charge in [0.1, 0.15) is 0 Å². The Morgan fingerprint density at radius 2 is 2.07 bits per heavy atom. The summed E-state index contributed by atoms with van der Waals surface area (Å²) in [4.78, 5) is 22.2. The van der Waals surface area contributed by atoms with Crippen LogP contribution in [0.25, 0.3) is 10.9 Å². The zero-order chi connectivity index (χ0) is 18.6. The zero-order valence-electron chi connectivity index (χ0n) is 15.4. The van der Waals surface area contributed by atoms with Crippen molar-refractivity contribution in [1.82, 2.24) is 9.97 Å². The van der Waals surface area contributed by atoms with Gasteiger partial charge in [-0.3, -0.25) is 4.98 Å². The van der Waals surface area contributed by atoms with Gasteiger partial charge in [-0.15, -0.1) is 11.8 Å². The number of benzene rings is 1. The summed E-state index contributed by atoms with van der Waals surface area (Å²) in [6.07, 6.45) is 4.45. The van der Waals surface area contributed by atoms with Gasteiger partial charge in [0.25, 0.3) is 0 Å². The summed E-state index contributed by atoms with van der Waals surface area (Å²) in [5, 5.41) is 2.08. The Morgan fingerprint density at radius 1 is 1.22 bits per heavy atom. The number of H-pyrrole nitrogens is 1. The number of fused-ring (bicyclic) bond motifs is 1. The number of pyridine rings is 1. The van der Waals surface area contributed by atoms with Gasteiger partial charge in [0.2, 0.25) is 0 Å². The minimum atomic E-state index is -0.280. The van der Waals surface area contributed by atoms with E-state index in [0.717, 1.165) is 40.5 Å². The van der Waals surface area contributed by atoms with Crippen LogP contribution in [-0.4, -0.2) is 35.6 Å². The summed E-state index contributed by atoms with van der Waals surface area (Å²) < 4.78 is 5.08. The monoisotopic (exact) mass is 381 g/mol. The number of ether oxygens (including phenoxy) is 1. The molecule has 1 aliphatic heterocycles. The maximum Gasteiger partial charge on any atom is 0.338 e. The van der Waals surface area contributed by atoms with Gasteiger partial charge in [-0.1, -0.05) is 0 Å². The van der Waals surface area contributed by atoms with Gasteiger partial charge in [-0.25, -0.2) is 4.79 Å². The van der Waals surface area contributed by atoms with Crippen LogP contribution in [0.2, 0.25) is 0 Å². The summed E-state index contributed by atoms with van der Waals surface area (Å²) >= 11 is 1.72. The van der Waals surface area contributed by atoms with E-state index in [4.69, 9.17) is 4.74 Å². The lowest BCUT2D eigenvalue weighted by atomic mass is 10.1. The molecule has 1 fully saturated rings. The van der Waals surface area contributed by atoms with Crippen molar-refractivity contribution in [2.24, 2.45) is 0 Å². The second-order valence-corrected chi connectivity index (χ2v) is 7.66. The summed E-state index contributed by atoms with van der Waals surface area (Å²) in [6, 6.07) is 12.0. The SMILES string of the molecule is CCOC(=O)c1ccc2[nH]c(SCc3cc(N4CCCC4)ccn3)cc2c1. The molecule has 0 unspecified atom stereocenters. The van der Waals surface area contributed by atoms with Crippen LogP contribution in [0.5, 0.6) is 0 Å². The quantitative estimate of drug-likeness (QED) is 0.498. The smallest absolute Gasteiger partial charge is 0.338 e. The van der Waals surface area contributed by atoms with Crippen molar-refractivity contribution in [2.45, 2.75) is 30.5 Å². The molecule has 0 spiro atoms. The highest BCUT2D eigenvalue weighted by molar-refractivity contribution is 7.98. The first kappa shape index (κ1) is 17.9. The molecule has 0 amide bonds. The number of anilines is 1. The van der Waals surface area contributed by atoms with Crippen LogP contribution >= 0.6 is 11.8 Å². The predicted octanol–water partition coefficient (Wildman–Crippen LogP) is 4.63. The van der Waals surface area contributed by atoms with Gasteiger partial charge < -0.3 is 14.6 Å². The van der Waals surface area contributed by atoms with Gasteiger partial charge in [0.15, 0.2) is 0 Å². The molecule has 1 aliphatic rings. The third-order valence-electron chi connectivity index (χ3n) is 4.75. The number of aromatic amines is 1. The third-order valence-corrected chi connectivity index (χ3v) is 5.73. The van der Waals surface area contributed by atoms with Gasteiger partial charge in [-0.05, 0) is 56.2 Å². The standard InChI is InChI=1S/C21H23N3O2S/c1-2-26-21(25)15-5-6-19-16(11-15)12-20(23-19)27-14-17-13-18(7-8-22-17)24-9-3-4-10-24/h5-8,11-13,23H,2-4,9-10,14H2,1H3. The van der Waals surface area contributed by atoms with Crippen molar-refractivity contribution in [3.8, 4) is 0 Å². The van der Waals surface area contributed by atoms with E-state index in [9.17, 15) is 4.79 Å². The lowest BCUT2D eigenvalue weighted by Gasteiger charge is -2.17. The van der Waals surface area contributed by atoms with E-state index in [1.165, 1.54) is 18.5 Å². The van der Waals surface area contributed by atoms with Crippen LogP contribution in [0.1, 0.15) is 35.8 Å². The van der Waals surface area contributed by atoms with Crippen LogP contribution in [0.4, 0.5) is 5.69 Å². The average Bonchev–Trinajstić information content (AvgIpc) is 3.36. The van der Waals surface area contributed by atoms with Crippen molar-refractivity contribution >= 4 is 34.3 Å². The average molecular weight is 382 g/mol. The van der Waals surface area contributed by atoms with E-state index >= 15 is 0 Å². The van der Waals surface area contributed by atoms with E-state index in [1.807, 2.05) is 25.3 Å². The van der Waals surface area contributed by atoms with Crippen molar-refractivity contribution in [2.75, 3.05) is 24.6 Å². The van der Waals surface area contributed by atoms with Gasteiger partial charge in [0.05, 0.1) is 22.9 Å². The van der Waals surface area contributed by atoms with Gasteiger partial charge >= 0.3 is 5.97 Å². The number of thioether (sulfide) groups is 1. The molecule has 1 aromatic carbocycles. The number of nitrogens with zero attached hydrogens (tertiary/aromatic N) is 2. The Labute approximate surface area is 163 Å². The Bertz CT molecular complexity index is 948. The van der Waals surface area contributed by atoms with Crippen molar-refractivity contribution in [1.29, 1.82) is 0 Å². The molecule has 0 bridgehead atoms. The first-order chi connectivity index (χ1) is 13.2. The number of carbonyl (C=O) groups excluding carboxylic acids is 1. The number of esters is 1. The number of rotatable bonds is 6. The molecule has 1 saturated heterocycles. The summed E-state index contributed by atoms with van der Waals surface area (Å²) in [7, 11) is 0. The first-order valence-electron chi connectivity index (χ1n) is 9.35. The molecular weight excluding hydrogens is 358 g/mol. The number of hydrogen-bond donors (Lipinski definition) is 1. The largest absolute Gasteiger partial charge is 0.462 e. The van der Waals surface area contributed by atoms with E-state index in [0.29, 0.717) is 12.2 Å².